The Balaban J connectivity index is 1.46. The molecule has 0 amide bonds. The van der Waals surface area contributed by atoms with Crippen LogP contribution in [-0.4, -0.2) is 148 Å². The molecule has 0 aliphatic carbocycles. The molecule has 0 fully saturated rings. The number of aromatic hydroxyl groups is 29. The molecule has 78 heavy (non-hydrogen) atoms. The molecular formula is C48H30O30. The minimum atomic E-state index is -1.83. The minimum Gasteiger partial charge on any atom is -0.506 e. The Morgan fingerprint density at radius 3 is 0.833 bits per heavy atom. The molecule has 29 N–H and O–H groups in total. The summed E-state index contributed by atoms with van der Waals surface area (Å²) in [6.07, 6.45) is 0. The molecule has 0 radical (unpaired) electrons. The standard InChI is InChI=1S/C48H30O30/c49-3-1-2(5-23(54)29(60)14(30(61)24(5)55)15-32(63)43(74)45(76)44(75)33(15)64)4(22(53)19(3)50)6-8-10(27(58)39(70)37(68)25(8)56)7(11-9(6)26(57)38(69)40(71)28(11)59)12-20(51)18-17-21(52)13-16(34(65)42(73)41(72)31(13)62)36(67)47(17)78-48(18)46(77)35(12)66/h1,49-77H. The van der Waals surface area contributed by atoms with Crippen LogP contribution in [0.25, 0.3) is 98.8 Å². The van der Waals surface area contributed by atoms with Crippen LogP contribution in [0.4, 0.5) is 0 Å². The summed E-state index contributed by atoms with van der Waals surface area (Å²) < 4.78 is 5.47. The Bertz CT molecular complexity index is 4390. The smallest absolute Gasteiger partial charge is 0.208 e. The highest BCUT2D eigenvalue weighted by atomic mass is 16.4. The molecule has 10 rings (SSSR count). The zero-order chi connectivity index (χ0) is 57.5. The van der Waals surface area contributed by atoms with Crippen molar-refractivity contribution in [1.29, 1.82) is 0 Å². The maximum Gasteiger partial charge on any atom is 0.208 e. The van der Waals surface area contributed by atoms with E-state index in [0.717, 1.165) is 0 Å². The van der Waals surface area contributed by atoms with Crippen LogP contribution in [0.3, 0.4) is 0 Å². The Kier molecular flexibility index (Phi) is 9.74. The van der Waals surface area contributed by atoms with Crippen LogP contribution < -0.4 is 0 Å². The third kappa shape index (κ3) is 5.60. The molecule has 0 bridgehead atoms. The molecule has 0 spiro atoms. The molecule has 0 aliphatic heterocycles. The quantitative estimate of drug-likeness (QED) is 0.0613. The summed E-state index contributed by atoms with van der Waals surface area (Å²) in [4.78, 5) is 0. The molecule has 402 valence electrons. The lowest BCUT2D eigenvalue weighted by molar-refractivity contribution is 0.329. The van der Waals surface area contributed by atoms with Gasteiger partial charge in [-0.25, -0.2) is 0 Å². The van der Waals surface area contributed by atoms with Gasteiger partial charge in [-0.1, -0.05) is 0 Å². The molecule has 0 atom stereocenters. The largest absolute Gasteiger partial charge is 0.506 e. The first kappa shape index (κ1) is 49.3. The van der Waals surface area contributed by atoms with Gasteiger partial charge in [0.05, 0.1) is 43.8 Å². The van der Waals surface area contributed by atoms with Gasteiger partial charge in [-0.3, -0.25) is 0 Å². The first-order chi connectivity index (χ1) is 36.4. The summed E-state index contributed by atoms with van der Waals surface area (Å²) in [5, 5.41) is 315. The lowest BCUT2D eigenvalue weighted by atomic mass is 9.80. The molecule has 1 aromatic heterocycles. The van der Waals surface area contributed by atoms with Crippen LogP contribution in [0.2, 0.25) is 0 Å². The normalized spacial score (nSPS) is 11.8. The van der Waals surface area contributed by atoms with Crippen LogP contribution in [0.1, 0.15) is 0 Å². The third-order valence-electron chi connectivity index (χ3n) is 13.2. The van der Waals surface area contributed by atoms with Crippen LogP contribution >= 0.6 is 0 Å². The van der Waals surface area contributed by atoms with E-state index in [1.54, 1.807) is 0 Å². The van der Waals surface area contributed by atoms with Crippen molar-refractivity contribution in [3.05, 3.63) is 6.07 Å². The molecule has 10 aromatic rings. The highest BCUT2D eigenvalue weighted by Gasteiger charge is 2.41. The number of rotatable bonds is 4. The second kappa shape index (κ2) is 15.4. The first-order valence-electron chi connectivity index (χ1n) is 21.0. The Morgan fingerprint density at radius 2 is 0.423 bits per heavy atom. The van der Waals surface area contributed by atoms with E-state index < -0.39 is 265 Å². The van der Waals surface area contributed by atoms with Crippen molar-refractivity contribution < 1.29 is 153 Å². The second-order valence-electron chi connectivity index (χ2n) is 17.1. The summed E-state index contributed by atoms with van der Waals surface area (Å²) in [6, 6.07) is 0.225. The molecule has 1 heterocycles. The second-order valence-corrected chi connectivity index (χ2v) is 17.1. The van der Waals surface area contributed by atoms with Gasteiger partial charge in [0.15, 0.2) is 103 Å². The molecule has 9 aromatic carbocycles. The molecule has 0 unspecified atom stereocenters. The molecular weight excluding hydrogens is 1060 g/mol. The van der Waals surface area contributed by atoms with Crippen molar-refractivity contribution in [3.8, 4) is 211 Å². The number of benzene rings is 9. The summed E-state index contributed by atoms with van der Waals surface area (Å²) in [7, 11) is 0. The average molecular weight is 1090 g/mol. The molecule has 30 nitrogen and oxygen atoms in total. The van der Waals surface area contributed by atoms with Crippen molar-refractivity contribution in [2.45, 2.75) is 0 Å². The monoisotopic (exact) mass is 1090 g/mol. The predicted molar refractivity (Wildman–Crippen MR) is 256 cm³/mol. The highest BCUT2D eigenvalue weighted by Crippen LogP contribution is 2.70. The fraction of sp³-hybridized carbons (Fsp3) is 0. The summed E-state index contributed by atoms with van der Waals surface area (Å²) in [6.45, 7) is 0. The number of hydrogen-bond donors (Lipinski definition) is 29. The Labute approximate surface area is 423 Å². The van der Waals surface area contributed by atoms with Crippen molar-refractivity contribution in [2.75, 3.05) is 0 Å². The summed E-state index contributed by atoms with van der Waals surface area (Å²) in [5.74, 6) is -48.6. The van der Waals surface area contributed by atoms with Crippen molar-refractivity contribution in [1.82, 2.24) is 0 Å². The van der Waals surface area contributed by atoms with Crippen LogP contribution in [0, 0.1) is 0 Å². The Hall–Kier alpha value is -12.2. The molecule has 0 saturated heterocycles. The fourth-order valence-corrected chi connectivity index (χ4v) is 9.64. The average Bonchev–Trinajstić information content (AvgIpc) is 3.41. The van der Waals surface area contributed by atoms with E-state index in [-0.39, 0.29) is 6.07 Å². The van der Waals surface area contributed by atoms with Crippen molar-refractivity contribution in [2.24, 2.45) is 0 Å². The van der Waals surface area contributed by atoms with Gasteiger partial charge in [0, 0.05) is 43.8 Å². The summed E-state index contributed by atoms with van der Waals surface area (Å²) >= 11 is 0. The number of fused-ring (bicyclic) bond motifs is 6. The zero-order valence-electron chi connectivity index (χ0n) is 37.5. The van der Waals surface area contributed by atoms with Crippen LogP contribution in [0.5, 0.6) is 167 Å². The number of phenolic OH excluding ortho intramolecular Hbond substituents is 29. The van der Waals surface area contributed by atoms with Gasteiger partial charge in [0.2, 0.25) is 63.2 Å². The van der Waals surface area contributed by atoms with Crippen molar-refractivity contribution in [3.63, 3.8) is 0 Å². The van der Waals surface area contributed by atoms with Gasteiger partial charge in [-0.05, 0) is 6.07 Å². The van der Waals surface area contributed by atoms with Gasteiger partial charge in [0.25, 0.3) is 0 Å². The van der Waals surface area contributed by atoms with E-state index in [4.69, 9.17) is 4.42 Å². The van der Waals surface area contributed by atoms with Crippen LogP contribution in [-0.2, 0) is 0 Å². The molecule has 30 heteroatoms. The summed E-state index contributed by atoms with van der Waals surface area (Å²) in [5.41, 5.74) is -13.9. The lowest BCUT2D eigenvalue weighted by Crippen LogP contribution is -1.98. The van der Waals surface area contributed by atoms with Gasteiger partial charge in [0.1, 0.15) is 11.5 Å². The van der Waals surface area contributed by atoms with E-state index in [2.05, 4.69) is 0 Å². The number of hydrogen-bond acceptors (Lipinski definition) is 30. The van der Waals surface area contributed by atoms with E-state index in [9.17, 15) is 148 Å². The fourth-order valence-electron chi connectivity index (χ4n) is 9.64. The number of phenols is 29. The topological polar surface area (TPSA) is 600 Å². The molecule has 0 saturated carbocycles. The van der Waals surface area contributed by atoms with Gasteiger partial charge >= 0.3 is 0 Å². The predicted octanol–water partition coefficient (Wildman–Crippen LogP) is 5.18. The lowest BCUT2D eigenvalue weighted by Gasteiger charge is -2.25. The van der Waals surface area contributed by atoms with E-state index in [1.165, 1.54) is 0 Å². The van der Waals surface area contributed by atoms with Crippen LogP contribution in [0.15, 0.2) is 10.5 Å². The SMILES string of the molecule is Oc1cc(-c2c(O)c(O)c(-c3c(O)c(O)c(O)c(O)c3O)c(O)c2O)c(-c2c3c(O)c(O)c(O)c(O)c3c(-c3c(O)c(O)c4oc5c(O)c6c(O)c(O)c(O)c(O)c6c(O)c5c4c3O)c3c(O)c(O)c(O)c(O)c23)c(O)c1O. The maximum absolute atomic E-state index is 12.4. The van der Waals surface area contributed by atoms with E-state index in [0.29, 0.717) is 0 Å². The zero-order valence-corrected chi connectivity index (χ0v) is 37.5. The van der Waals surface area contributed by atoms with Gasteiger partial charge in [-0.15, -0.1) is 0 Å². The highest BCUT2D eigenvalue weighted by molar-refractivity contribution is 6.33. The van der Waals surface area contributed by atoms with E-state index >= 15 is 0 Å². The van der Waals surface area contributed by atoms with Crippen molar-refractivity contribution >= 4 is 54.3 Å². The molecule has 0 aliphatic rings. The third-order valence-corrected chi connectivity index (χ3v) is 13.2. The van der Waals surface area contributed by atoms with E-state index in [1.807, 2.05) is 0 Å². The van der Waals surface area contributed by atoms with Gasteiger partial charge < -0.3 is 153 Å². The minimum absolute atomic E-state index is 0.225. The maximum atomic E-state index is 12.4. The number of furan rings is 1. The first-order valence-corrected chi connectivity index (χ1v) is 21.0. The van der Waals surface area contributed by atoms with Gasteiger partial charge in [-0.2, -0.15) is 0 Å². The Morgan fingerprint density at radius 1 is 0.167 bits per heavy atom.